The van der Waals surface area contributed by atoms with E-state index in [1.165, 1.54) is 0 Å². The van der Waals surface area contributed by atoms with Crippen LogP contribution in [-0.4, -0.2) is 8.42 Å². The van der Waals surface area contributed by atoms with Crippen LogP contribution in [0.5, 0.6) is 0 Å². The van der Waals surface area contributed by atoms with Gasteiger partial charge in [-0.2, -0.15) is 0 Å². The molecule has 0 aliphatic carbocycles. The van der Waals surface area contributed by atoms with Gasteiger partial charge in [-0.25, -0.2) is 13.6 Å². The van der Waals surface area contributed by atoms with Crippen LogP contribution in [0, 0.1) is 5.92 Å². The van der Waals surface area contributed by atoms with Crippen molar-refractivity contribution in [1.82, 2.24) is 0 Å². The van der Waals surface area contributed by atoms with Gasteiger partial charge in [0.25, 0.3) is 0 Å². The van der Waals surface area contributed by atoms with Crippen molar-refractivity contribution >= 4 is 10.0 Å². The van der Waals surface area contributed by atoms with Crippen LogP contribution in [0.1, 0.15) is 45.7 Å². The molecule has 4 heteroatoms. The topological polar surface area (TPSA) is 60.2 Å². The van der Waals surface area contributed by atoms with Crippen molar-refractivity contribution in [3.05, 3.63) is 29.3 Å². The number of hydrogen-bond acceptors (Lipinski definition) is 2. The van der Waals surface area contributed by atoms with Crippen LogP contribution < -0.4 is 5.14 Å². The van der Waals surface area contributed by atoms with Crippen molar-refractivity contribution in [2.45, 2.75) is 51.3 Å². The Labute approximate surface area is 110 Å². The second kappa shape index (κ2) is 5.02. The second-order valence-electron chi connectivity index (χ2n) is 6.22. The summed E-state index contributed by atoms with van der Waals surface area (Å²) >= 11 is 0. The van der Waals surface area contributed by atoms with E-state index in [0.29, 0.717) is 5.92 Å². The van der Waals surface area contributed by atoms with Crippen molar-refractivity contribution in [1.29, 1.82) is 0 Å². The lowest BCUT2D eigenvalue weighted by molar-refractivity contribution is 0.559. The maximum absolute atomic E-state index is 11.6. The van der Waals surface area contributed by atoms with Gasteiger partial charge in [0.15, 0.2) is 0 Å². The van der Waals surface area contributed by atoms with Crippen molar-refractivity contribution in [3.63, 3.8) is 0 Å². The molecule has 0 saturated carbocycles. The molecule has 1 rings (SSSR count). The first-order valence-corrected chi connectivity index (χ1v) is 7.72. The third-order valence-electron chi connectivity index (χ3n) is 2.80. The zero-order valence-corrected chi connectivity index (χ0v) is 12.6. The van der Waals surface area contributed by atoms with Gasteiger partial charge in [0.1, 0.15) is 0 Å². The van der Waals surface area contributed by atoms with Gasteiger partial charge in [-0.05, 0) is 34.9 Å². The lowest BCUT2D eigenvalue weighted by atomic mass is 9.85. The molecule has 18 heavy (non-hydrogen) atoms. The van der Waals surface area contributed by atoms with E-state index in [2.05, 4.69) is 13.8 Å². The Bertz CT molecular complexity index is 525. The maximum Gasteiger partial charge on any atom is 0.238 e. The highest BCUT2D eigenvalue weighted by molar-refractivity contribution is 7.89. The van der Waals surface area contributed by atoms with E-state index in [0.717, 1.165) is 17.5 Å². The predicted octanol–water partition coefficient (Wildman–Crippen LogP) is 2.83. The van der Waals surface area contributed by atoms with Gasteiger partial charge < -0.3 is 0 Å². The van der Waals surface area contributed by atoms with Gasteiger partial charge >= 0.3 is 0 Å². The molecule has 1 aromatic carbocycles. The molecule has 1 aromatic rings. The largest absolute Gasteiger partial charge is 0.238 e. The monoisotopic (exact) mass is 269 g/mol. The van der Waals surface area contributed by atoms with Crippen LogP contribution in [0.3, 0.4) is 0 Å². The summed E-state index contributed by atoms with van der Waals surface area (Å²) in [5.41, 5.74) is 1.71. The summed E-state index contributed by atoms with van der Waals surface area (Å²) < 4.78 is 23.2. The third-order valence-corrected chi connectivity index (χ3v) is 3.77. The van der Waals surface area contributed by atoms with Crippen molar-refractivity contribution in [3.8, 4) is 0 Å². The molecule has 2 N–H and O–H groups in total. The Hall–Kier alpha value is -0.870. The number of sulfonamides is 1. The summed E-state index contributed by atoms with van der Waals surface area (Å²) in [7, 11) is -3.66. The quantitative estimate of drug-likeness (QED) is 0.917. The van der Waals surface area contributed by atoms with E-state index >= 15 is 0 Å². The van der Waals surface area contributed by atoms with E-state index < -0.39 is 10.0 Å². The van der Waals surface area contributed by atoms with E-state index in [4.69, 9.17) is 5.14 Å². The molecule has 0 fully saturated rings. The van der Waals surface area contributed by atoms with Crippen LogP contribution in [0.4, 0.5) is 0 Å². The van der Waals surface area contributed by atoms with Crippen molar-refractivity contribution in [2.24, 2.45) is 11.1 Å². The molecule has 0 heterocycles. The van der Waals surface area contributed by atoms with Gasteiger partial charge in [-0.15, -0.1) is 0 Å². The number of hydrogen-bond donors (Lipinski definition) is 1. The summed E-state index contributed by atoms with van der Waals surface area (Å²) in [5, 5.41) is 5.28. The van der Waals surface area contributed by atoms with Crippen LogP contribution in [0.2, 0.25) is 0 Å². The highest BCUT2D eigenvalue weighted by Gasteiger charge is 2.23. The third kappa shape index (κ3) is 3.82. The fraction of sp³-hybridized carbons (Fsp3) is 0.571. The molecule has 0 radical (unpaired) electrons. The molecule has 0 unspecified atom stereocenters. The van der Waals surface area contributed by atoms with Crippen molar-refractivity contribution < 1.29 is 8.42 Å². The molecule has 0 spiro atoms. The van der Waals surface area contributed by atoms with Crippen molar-refractivity contribution in [2.75, 3.05) is 0 Å². The fourth-order valence-electron chi connectivity index (χ4n) is 2.01. The van der Waals surface area contributed by atoms with Crippen LogP contribution in [-0.2, 0) is 21.9 Å². The van der Waals surface area contributed by atoms with Crippen LogP contribution in [0.25, 0.3) is 0 Å². The first-order valence-electron chi connectivity index (χ1n) is 6.18. The second-order valence-corrected chi connectivity index (χ2v) is 7.75. The first-order chi connectivity index (χ1) is 8.01. The molecule has 0 aromatic heterocycles. The maximum atomic E-state index is 11.6. The average molecular weight is 269 g/mol. The van der Waals surface area contributed by atoms with Gasteiger partial charge in [0.05, 0.1) is 4.90 Å². The molecular weight excluding hydrogens is 246 g/mol. The molecule has 0 bridgehead atoms. The first kappa shape index (κ1) is 15.2. The minimum Gasteiger partial charge on any atom is -0.225 e. The Balaban J connectivity index is 3.40. The Kier molecular flexibility index (Phi) is 4.23. The van der Waals surface area contributed by atoms with Gasteiger partial charge in [-0.1, -0.05) is 46.8 Å². The summed E-state index contributed by atoms with van der Waals surface area (Å²) in [6.07, 6.45) is 0.938. The molecule has 0 aliphatic rings. The number of nitrogens with two attached hydrogens (primary N) is 1. The number of primary sulfonamides is 1. The minimum absolute atomic E-state index is 0.238. The zero-order valence-electron chi connectivity index (χ0n) is 11.8. The average Bonchev–Trinajstić information content (AvgIpc) is 2.13. The van der Waals surface area contributed by atoms with E-state index in [1.54, 1.807) is 6.07 Å². The lowest BCUT2D eigenvalue weighted by Crippen LogP contribution is -2.21. The molecule has 3 nitrogen and oxygen atoms in total. The number of benzene rings is 1. The Morgan fingerprint density at radius 1 is 1.22 bits per heavy atom. The standard InChI is InChI=1S/C14H23NO2S/c1-10(2)8-11-6-7-13(18(15,16)17)12(9-11)14(3,4)5/h6-7,9-10H,8H2,1-5H3,(H2,15,16,17). The van der Waals surface area contributed by atoms with E-state index in [-0.39, 0.29) is 10.3 Å². The molecule has 0 amide bonds. The van der Waals surface area contributed by atoms with Gasteiger partial charge in [-0.3, -0.25) is 0 Å². The normalized spacial score (nSPS) is 13.1. The Morgan fingerprint density at radius 2 is 1.78 bits per heavy atom. The fourth-order valence-corrected chi connectivity index (χ4v) is 2.94. The summed E-state index contributed by atoms with van der Waals surface area (Å²) in [6.45, 7) is 10.3. The molecule has 0 aliphatic heterocycles. The highest BCUT2D eigenvalue weighted by atomic mass is 32.2. The molecule has 0 saturated heterocycles. The summed E-state index contributed by atoms with van der Waals surface area (Å²) in [4.78, 5) is 0.238. The van der Waals surface area contributed by atoms with E-state index in [9.17, 15) is 8.42 Å². The van der Waals surface area contributed by atoms with Crippen LogP contribution in [0.15, 0.2) is 23.1 Å². The van der Waals surface area contributed by atoms with E-state index in [1.807, 2.05) is 32.9 Å². The molecular formula is C14H23NO2S. The highest BCUT2D eigenvalue weighted by Crippen LogP contribution is 2.29. The number of rotatable bonds is 3. The van der Waals surface area contributed by atoms with Crippen LogP contribution >= 0.6 is 0 Å². The predicted molar refractivity (Wildman–Crippen MR) is 75.1 cm³/mol. The van der Waals surface area contributed by atoms with Gasteiger partial charge in [0.2, 0.25) is 10.0 Å². The smallest absolute Gasteiger partial charge is 0.225 e. The minimum atomic E-state index is -3.66. The lowest BCUT2D eigenvalue weighted by Gasteiger charge is -2.23. The molecule has 0 atom stereocenters. The Morgan fingerprint density at radius 3 is 2.17 bits per heavy atom. The zero-order chi connectivity index (χ0) is 14.1. The molecule has 102 valence electrons. The summed E-state index contributed by atoms with van der Waals surface area (Å²) in [6, 6.07) is 5.46. The summed E-state index contributed by atoms with van der Waals surface area (Å²) in [5.74, 6) is 0.540. The van der Waals surface area contributed by atoms with Gasteiger partial charge in [0, 0.05) is 0 Å². The SMILES string of the molecule is CC(C)Cc1ccc(S(N)(=O)=O)c(C(C)(C)C)c1.